The summed E-state index contributed by atoms with van der Waals surface area (Å²) in [4.78, 5) is 27.8. The fourth-order valence-electron chi connectivity index (χ4n) is 2.23. The van der Waals surface area contributed by atoms with E-state index in [0.717, 1.165) is 5.56 Å². The molecule has 0 aliphatic carbocycles. The molecule has 0 radical (unpaired) electrons. The van der Waals surface area contributed by atoms with Crippen molar-refractivity contribution in [2.75, 3.05) is 13.1 Å². The Morgan fingerprint density at radius 2 is 1.60 bits per heavy atom. The predicted octanol–water partition coefficient (Wildman–Crippen LogP) is 2.24. The zero-order valence-electron chi connectivity index (χ0n) is 14.7. The van der Waals surface area contributed by atoms with E-state index in [9.17, 15) is 14.7 Å². The van der Waals surface area contributed by atoms with Crippen LogP contribution >= 0.6 is 0 Å². The molecule has 3 N–H and O–H groups in total. The maximum Gasteiger partial charge on any atom is 0.273 e. The molecule has 0 bridgehead atoms. The number of carbonyl (C=O) groups is 2. The first-order chi connectivity index (χ1) is 11.8. The molecule has 0 saturated heterocycles. The zero-order valence-corrected chi connectivity index (χ0v) is 14.7. The summed E-state index contributed by atoms with van der Waals surface area (Å²) in [6.45, 7) is 6.86. The number of benzene rings is 1. The number of rotatable bonds is 5. The molecule has 1 heterocycles. The van der Waals surface area contributed by atoms with Crippen LogP contribution in [0.2, 0.25) is 0 Å². The normalized spacial score (nSPS) is 11.0. The van der Waals surface area contributed by atoms with Crippen LogP contribution in [-0.4, -0.2) is 35.0 Å². The van der Waals surface area contributed by atoms with Gasteiger partial charge in [-0.15, -0.1) is 0 Å². The molecule has 0 spiro atoms. The summed E-state index contributed by atoms with van der Waals surface area (Å²) in [6.07, 6.45) is 1.43. The average Bonchev–Trinajstić information content (AvgIpc) is 2.58. The van der Waals surface area contributed by atoms with E-state index < -0.39 is 5.91 Å². The van der Waals surface area contributed by atoms with Crippen molar-refractivity contribution in [3.63, 3.8) is 0 Å². The summed E-state index contributed by atoms with van der Waals surface area (Å²) in [5.74, 6) is -0.861. The second-order valence-electron chi connectivity index (χ2n) is 6.71. The van der Waals surface area contributed by atoms with Gasteiger partial charge in [-0.2, -0.15) is 0 Å². The fraction of sp³-hybridized carbons (Fsp3) is 0.316. The van der Waals surface area contributed by atoms with E-state index in [0.29, 0.717) is 5.56 Å². The summed E-state index contributed by atoms with van der Waals surface area (Å²) in [6, 6.07) is 10.4. The van der Waals surface area contributed by atoms with Gasteiger partial charge in [0.25, 0.3) is 11.8 Å². The van der Waals surface area contributed by atoms with Gasteiger partial charge < -0.3 is 15.7 Å². The van der Waals surface area contributed by atoms with Gasteiger partial charge in [-0.05, 0) is 35.2 Å². The third kappa shape index (κ3) is 5.04. The first-order valence-electron chi connectivity index (χ1n) is 8.10. The van der Waals surface area contributed by atoms with Crippen molar-refractivity contribution < 1.29 is 14.7 Å². The van der Waals surface area contributed by atoms with Gasteiger partial charge in [0.1, 0.15) is 5.75 Å². The Morgan fingerprint density at radius 3 is 2.16 bits per heavy atom. The number of nitrogens with zero attached hydrogens (tertiary/aromatic N) is 1. The molecule has 0 atom stereocenters. The number of aromatic nitrogens is 1. The fourth-order valence-corrected chi connectivity index (χ4v) is 2.23. The summed E-state index contributed by atoms with van der Waals surface area (Å²) < 4.78 is 0. The van der Waals surface area contributed by atoms with Crippen LogP contribution in [0.1, 0.15) is 47.2 Å². The molecule has 0 aliphatic heterocycles. The molecule has 2 amide bonds. The molecule has 132 valence electrons. The van der Waals surface area contributed by atoms with Crippen LogP contribution in [0.4, 0.5) is 0 Å². The van der Waals surface area contributed by atoms with Crippen LogP contribution in [0.25, 0.3) is 0 Å². The van der Waals surface area contributed by atoms with Crippen molar-refractivity contribution in [3.05, 3.63) is 59.4 Å². The number of nitrogens with one attached hydrogen (secondary N) is 2. The van der Waals surface area contributed by atoms with Gasteiger partial charge in [0.2, 0.25) is 0 Å². The van der Waals surface area contributed by atoms with Crippen molar-refractivity contribution in [2.45, 2.75) is 26.2 Å². The minimum atomic E-state index is -0.484. The Balaban J connectivity index is 1.81. The molecule has 2 rings (SSSR count). The monoisotopic (exact) mass is 341 g/mol. The number of aromatic hydroxyl groups is 1. The Morgan fingerprint density at radius 1 is 1.00 bits per heavy atom. The van der Waals surface area contributed by atoms with Crippen LogP contribution in [0.15, 0.2) is 42.6 Å². The molecular formula is C19H23N3O3. The Bertz CT molecular complexity index is 749. The van der Waals surface area contributed by atoms with E-state index in [2.05, 4.69) is 36.4 Å². The van der Waals surface area contributed by atoms with Crippen LogP contribution in [-0.2, 0) is 5.41 Å². The highest BCUT2D eigenvalue weighted by Gasteiger charge is 2.14. The van der Waals surface area contributed by atoms with Crippen molar-refractivity contribution in [3.8, 4) is 5.75 Å². The predicted molar refractivity (Wildman–Crippen MR) is 95.7 cm³/mol. The van der Waals surface area contributed by atoms with Crippen molar-refractivity contribution in [1.82, 2.24) is 15.6 Å². The Kier molecular flexibility index (Phi) is 5.75. The first kappa shape index (κ1) is 18.4. The Labute approximate surface area is 147 Å². The lowest BCUT2D eigenvalue weighted by atomic mass is 9.87. The minimum Gasteiger partial charge on any atom is -0.505 e. The smallest absolute Gasteiger partial charge is 0.273 e. The lowest BCUT2D eigenvalue weighted by molar-refractivity contribution is 0.0923. The zero-order chi connectivity index (χ0) is 18.4. The van der Waals surface area contributed by atoms with Gasteiger partial charge in [-0.25, -0.2) is 4.98 Å². The molecule has 0 saturated carbocycles. The third-order valence-corrected chi connectivity index (χ3v) is 3.71. The molecule has 1 aromatic carbocycles. The molecule has 0 aliphatic rings. The van der Waals surface area contributed by atoms with E-state index in [1.54, 1.807) is 12.1 Å². The lowest BCUT2D eigenvalue weighted by Crippen LogP contribution is -2.35. The second kappa shape index (κ2) is 7.79. The van der Waals surface area contributed by atoms with Gasteiger partial charge in [0.15, 0.2) is 5.69 Å². The molecule has 0 unspecified atom stereocenters. The summed E-state index contributed by atoms with van der Waals surface area (Å²) in [7, 11) is 0. The molecule has 0 fully saturated rings. The summed E-state index contributed by atoms with van der Waals surface area (Å²) >= 11 is 0. The highest BCUT2D eigenvalue weighted by Crippen LogP contribution is 2.22. The number of hydrogen-bond donors (Lipinski definition) is 3. The van der Waals surface area contributed by atoms with Gasteiger partial charge >= 0.3 is 0 Å². The number of amides is 2. The molecule has 25 heavy (non-hydrogen) atoms. The number of pyridine rings is 1. The number of hydrogen-bond acceptors (Lipinski definition) is 4. The average molecular weight is 341 g/mol. The molecule has 6 nitrogen and oxygen atoms in total. The summed E-state index contributed by atoms with van der Waals surface area (Å²) in [5.41, 5.74) is 1.73. The van der Waals surface area contributed by atoms with E-state index in [4.69, 9.17) is 0 Å². The van der Waals surface area contributed by atoms with Gasteiger partial charge in [0.05, 0.1) is 0 Å². The lowest BCUT2D eigenvalue weighted by Gasteiger charge is -2.19. The van der Waals surface area contributed by atoms with Crippen LogP contribution in [0.3, 0.4) is 0 Å². The van der Waals surface area contributed by atoms with Gasteiger partial charge in [-0.3, -0.25) is 9.59 Å². The van der Waals surface area contributed by atoms with Crippen molar-refractivity contribution in [2.24, 2.45) is 0 Å². The largest absolute Gasteiger partial charge is 0.505 e. The Hall–Kier alpha value is -2.89. The molecule has 2 aromatic rings. The van der Waals surface area contributed by atoms with Gasteiger partial charge in [-0.1, -0.05) is 32.9 Å². The van der Waals surface area contributed by atoms with Crippen LogP contribution < -0.4 is 10.6 Å². The SMILES string of the molecule is CC(C)(C)c1ccc(C(=O)NCCNC(=O)c2ncccc2O)cc1. The third-order valence-electron chi connectivity index (χ3n) is 3.71. The van der Waals surface area contributed by atoms with Crippen molar-refractivity contribution >= 4 is 11.8 Å². The summed E-state index contributed by atoms with van der Waals surface area (Å²) in [5, 5.41) is 14.9. The van der Waals surface area contributed by atoms with E-state index >= 15 is 0 Å². The first-order valence-corrected chi connectivity index (χ1v) is 8.10. The van der Waals surface area contributed by atoms with E-state index in [1.165, 1.54) is 18.3 Å². The molecule has 6 heteroatoms. The quantitative estimate of drug-likeness (QED) is 0.728. The van der Waals surface area contributed by atoms with E-state index in [1.807, 2.05) is 12.1 Å². The van der Waals surface area contributed by atoms with Crippen LogP contribution in [0.5, 0.6) is 5.75 Å². The maximum absolute atomic E-state index is 12.1. The van der Waals surface area contributed by atoms with Crippen LogP contribution in [0, 0.1) is 0 Å². The maximum atomic E-state index is 12.1. The highest BCUT2D eigenvalue weighted by molar-refractivity contribution is 5.95. The number of carbonyl (C=O) groups excluding carboxylic acids is 2. The van der Waals surface area contributed by atoms with Crippen molar-refractivity contribution in [1.29, 1.82) is 0 Å². The second-order valence-corrected chi connectivity index (χ2v) is 6.71. The highest BCUT2D eigenvalue weighted by atomic mass is 16.3. The minimum absolute atomic E-state index is 0.0356. The van der Waals surface area contributed by atoms with E-state index in [-0.39, 0.29) is 35.9 Å². The standard InChI is InChI=1S/C19H23N3O3/c1-19(2,3)14-8-6-13(7-9-14)17(24)21-11-12-22-18(25)16-15(23)5-4-10-20-16/h4-10,23H,11-12H2,1-3H3,(H,21,24)(H,22,25). The molecule has 1 aromatic heterocycles. The van der Waals surface area contributed by atoms with Gasteiger partial charge in [0, 0.05) is 24.8 Å². The molecular weight excluding hydrogens is 318 g/mol. The topological polar surface area (TPSA) is 91.3 Å².